The summed E-state index contributed by atoms with van der Waals surface area (Å²) in [5.41, 5.74) is 3.40. The molecule has 0 bridgehead atoms. The maximum absolute atomic E-state index is 12.6. The molecule has 1 N–H and O–H groups in total. The summed E-state index contributed by atoms with van der Waals surface area (Å²) in [4.78, 5) is 0.151. The Bertz CT molecular complexity index is 1040. The first-order valence-electron chi connectivity index (χ1n) is 7.69. The van der Waals surface area contributed by atoms with Crippen LogP contribution in [0, 0.1) is 18.3 Å². The van der Waals surface area contributed by atoms with Crippen molar-refractivity contribution >= 4 is 15.7 Å². The van der Waals surface area contributed by atoms with Crippen LogP contribution in [0.3, 0.4) is 0 Å². The van der Waals surface area contributed by atoms with Crippen molar-refractivity contribution in [3.05, 3.63) is 83.9 Å². The first-order valence-corrected chi connectivity index (χ1v) is 9.17. The van der Waals surface area contributed by atoms with Crippen LogP contribution in [0.25, 0.3) is 11.1 Å². The van der Waals surface area contributed by atoms with Crippen molar-refractivity contribution in [2.45, 2.75) is 11.8 Å². The van der Waals surface area contributed by atoms with E-state index in [1.807, 2.05) is 43.3 Å². The second kappa shape index (κ2) is 6.80. The molecule has 25 heavy (non-hydrogen) atoms. The highest BCUT2D eigenvalue weighted by Gasteiger charge is 2.16. The van der Waals surface area contributed by atoms with Gasteiger partial charge in [0.2, 0.25) is 0 Å². The largest absolute Gasteiger partial charge is 0.278 e. The number of hydrogen-bond donors (Lipinski definition) is 1. The average molecular weight is 348 g/mol. The summed E-state index contributed by atoms with van der Waals surface area (Å²) in [5.74, 6) is 0. The van der Waals surface area contributed by atoms with Crippen LogP contribution in [-0.4, -0.2) is 8.42 Å². The van der Waals surface area contributed by atoms with Crippen molar-refractivity contribution in [1.82, 2.24) is 0 Å². The number of nitrogens with one attached hydrogen (secondary N) is 1. The molecule has 0 atom stereocenters. The lowest BCUT2D eigenvalue weighted by Crippen LogP contribution is -2.14. The van der Waals surface area contributed by atoms with Gasteiger partial charge < -0.3 is 0 Å². The second-order valence-electron chi connectivity index (χ2n) is 5.66. The van der Waals surface area contributed by atoms with Gasteiger partial charge in [0.1, 0.15) is 6.07 Å². The highest BCUT2D eigenvalue weighted by molar-refractivity contribution is 7.92. The van der Waals surface area contributed by atoms with Crippen LogP contribution >= 0.6 is 0 Å². The van der Waals surface area contributed by atoms with Gasteiger partial charge in [-0.2, -0.15) is 5.26 Å². The molecule has 0 amide bonds. The van der Waals surface area contributed by atoms with E-state index in [1.165, 1.54) is 0 Å². The van der Waals surface area contributed by atoms with Crippen LogP contribution in [0.5, 0.6) is 0 Å². The van der Waals surface area contributed by atoms with Gasteiger partial charge >= 0.3 is 0 Å². The van der Waals surface area contributed by atoms with Gasteiger partial charge in [0.15, 0.2) is 0 Å². The van der Waals surface area contributed by atoms with Gasteiger partial charge in [-0.3, -0.25) is 4.72 Å². The predicted molar refractivity (Wildman–Crippen MR) is 98.6 cm³/mol. The molecular formula is C20H16N2O2S. The molecule has 0 saturated carbocycles. The van der Waals surface area contributed by atoms with Crippen molar-refractivity contribution in [2.24, 2.45) is 0 Å². The SMILES string of the molecule is Cc1ccc(C#N)c(NS(=O)(=O)c2ccc(-c3ccccc3)cc2)c1. The molecule has 3 aromatic rings. The molecule has 0 saturated heterocycles. The Labute approximate surface area is 147 Å². The predicted octanol–water partition coefficient (Wildman–Crippen LogP) is 4.33. The second-order valence-corrected chi connectivity index (χ2v) is 7.34. The summed E-state index contributed by atoms with van der Waals surface area (Å²) in [5, 5.41) is 9.15. The van der Waals surface area contributed by atoms with Gasteiger partial charge in [-0.25, -0.2) is 8.42 Å². The quantitative estimate of drug-likeness (QED) is 0.763. The van der Waals surface area contributed by atoms with E-state index in [0.29, 0.717) is 0 Å². The number of hydrogen-bond acceptors (Lipinski definition) is 3. The molecule has 0 unspecified atom stereocenters. The fraction of sp³-hybridized carbons (Fsp3) is 0.0500. The zero-order valence-electron chi connectivity index (χ0n) is 13.6. The summed E-state index contributed by atoms with van der Waals surface area (Å²) < 4.78 is 27.7. The summed E-state index contributed by atoms with van der Waals surface area (Å²) in [6.07, 6.45) is 0. The molecule has 0 spiro atoms. The van der Waals surface area contributed by atoms with Crippen LogP contribution in [-0.2, 0) is 10.0 Å². The number of rotatable bonds is 4. The molecule has 124 valence electrons. The lowest BCUT2D eigenvalue weighted by molar-refractivity contribution is 0.601. The van der Waals surface area contributed by atoms with Crippen LogP contribution in [0.4, 0.5) is 5.69 Å². The molecule has 0 radical (unpaired) electrons. The summed E-state index contributed by atoms with van der Waals surface area (Å²) in [6, 6.07) is 23.4. The standard InChI is InChI=1S/C20H16N2O2S/c1-15-7-8-18(14-21)20(13-15)22-25(23,24)19-11-9-17(10-12-19)16-5-3-2-4-6-16/h2-13,22H,1H3. The van der Waals surface area contributed by atoms with Crippen molar-refractivity contribution in [2.75, 3.05) is 4.72 Å². The summed E-state index contributed by atoms with van der Waals surface area (Å²) in [6.45, 7) is 1.84. The molecular weight excluding hydrogens is 332 g/mol. The van der Waals surface area contributed by atoms with Gasteiger partial charge in [-0.15, -0.1) is 0 Å². The molecule has 0 heterocycles. The highest BCUT2D eigenvalue weighted by atomic mass is 32.2. The van der Waals surface area contributed by atoms with E-state index >= 15 is 0 Å². The monoisotopic (exact) mass is 348 g/mol. The van der Waals surface area contributed by atoms with Crippen molar-refractivity contribution < 1.29 is 8.42 Å². The third-order valence-electron chi connectivity index (χ3n) is 3.81. The van der Waals surface area contributed by atoms with E-state index in [4.69, 9.17) is 5.26 Å². The molecule has 0 aromatic heterocycles. The Morgan fingerprint density at radius 1 is 0.880 bits per heavy atom. The lowest BCUT2D eigenvalue weighted by atomic mass is 10.1. The fourth-order valence-electron chi connectivity index (χ4n) is 2.50. The van der Waals surface area contributed by atoms with Crippen molar-refractivity contribution in [1.29, 1.82) is 5.26 Å². The molecule has 5 heteroatoms. The topological polar surface area (TPSA) is 70.0 Å². The molecule has 0 aliphatic heterocycles. The van der Waals surface area contributed by atoms with Gasteiger partial charge in [-0.05, 0) is 47.9 Å². The third kappa shape index (κ3) is 3.70. The number of nitriles is 1. The fourth-order valence-corrected chi connectivity index (χ4v) is 3.57. The number of anilines is 1. The van der Waals surface area contributed by atoms with E-state index in [0.717, 1.165) is 16.7 Å². The lowest BCUT2D eigenvalue weighted by Gasteiger charge is -2.11. The van der Waals surface area contributed by atoms with Crippen LogP contribution in [0.1, 0.15) is 11.1 Å². The maximum Gasteiger partial charge on any atom is 0.261 e. The van der Waals surface area contributed by atoms with Crippen LogP contribution < -0.4 is 4.72 Å². The van der Waals surface area contributed by atoms with Gasteiger partial charge in [-0.1, -0.05) is 48.5 Å². The van der Waals surface area contributed by atoms with Gasteiger partial charge in [0, 0.05) is 0 Å². The summed E-state index contributed by atoms with van der Waals surface area (Å²) >= 11 is 0. The first kappa shape index (κ1) is 16.7. The van der Waals surface area contributed by atoms with Gasteiger partial charge in [0.25, 0.3) is 10.0 Å². The Hall–Kier alpha value is -3.10. The normalized spacial score (nSPS) is 10.9. The molecule has 3 rings (SSSR count). The third-order valence-corrected chi connectivity index (χ3v) is 5.19. The minimum Gasteiger partial charge on any atom is -0.278 e. The maximum atomic E-state index is 12.6. The Morgan fingerprint density at radius 3 is 2.16 bits per heavy atom. The number of nitrogens with zero attached hydrogens (tertiary/aromatic N) is 1. The Balaban J connectivity index is 1.91. The van der Waals surface area contributed by atoms with E-state index in [-0.39, 0.29) is 16.1 Å². The zero-order chi connectivity index (χ0) is 17.9. The van der Waals surface area contributed by atoms with Gasteiger partial charge in [0.05, 0.1) is 16.1 Å². The minimum atomic E-state index is -3.76. The van der Waals surface area contributed by atoms with E-state index in [1.54, 1.807) is 42.5 Å². The van der Waals surface area contributed by atoms with E-state index in [9.17, 15) is 8.42 Å². The van der Waals surface area contributed by atoms with E-state index < -0.39 is 10.0 Å². The van der Waals surface area contributed by atoms with Crippen molar-refractivity contribution in [3.63, 3.8) is 0 Å². The molecule has 4 nitrogen and oxygen atoms in total. The Morgan fingerprint density at radius 2 is 1.52 bits per heavy atom. The molecule has 0 fully saturated rings. The van der Waals surface area contributed by atoms with Crippen LogP contribution in [0.15, 0.2) is 77.7 Å². The molecule has 3 aromatic carbocycles. The highest BCUT2D eigenvalue weighted by Crippen LogP contribution is 2.24. The zero-order valence-corrected chi connectivity index (χ0v) is 14.4. The first-order chi connectivity index (χ1) is 12.0. The average Bonchev–Trinajstić information content (AvgIpc) is 2.62. The van der Waals surface area contributed by atoms with E-state index in [2.05, 4.69) is 4.72 Å². The number of benzene rings is 3. The smallest absolute Gasteiger partial charge is 0.261 e. The Kier molecular flexibility index (Phi) is 4.55. The van der Waals surface area contributed by atoms with Crippen molar-refractivity contribution in [3.8, 4) is 17.2 Å². The molecule has 0 aliphatic rings. The number of sulfonamides is 1. The van der Waals surface area contributed by atoms with Crippen LogP contribution in [0.2, 0.25) is 0 Å². The minimum absolute atomic E-state index is 0.151. The summed E-state index contributed by atoms with van der Waals surface area (Å²) in [7, 11) is -3.76. The molecule has 0 aliphatic carbocycles. The number of aryl methyl sites for hydroxylation is 1.